The Hall–Kier alpha value is -1.83. The maximum Gasteiger partial charge on any atom is 0.287 e. The third kappa shape index (κ3) is 1.75. The monoisotopic (exact) mass is 337 g/mol. The van der Waals surface area contributed by atoms with Gasteiger partial charge in [-0.1, -0.05) is 29.8 Å². The summed E-state index contributed by atoms with van der Waals surface area (Å²) in [5.41, 5.74) is 0.610. The van der Waals surface area contributed by atoms with Crippen LogP contribution in [-0.4, -0.2) is 21.8 Å². The Kier molecular flexibility index (Phi) is 2.66. The molecule has 0 spiro atoms. The summed E-state index contributed by atoms with van der Waals surface area (Å²) in [6, 6.07) is 9.04. The van der Waals surface area contributed by atoms with Gasteiger partial charge in [-0.05, 0) is 12.1 Å². The first-order valence-corrected chi connectivity index (χ1v) is 8.71. The second-order valence-corrected chi connectivity index (χ2v) is 7.40. The molecule has 0 unspecified atom stereocenters. The normalized spacial score (nSPS) is 12.4. The van der Waals surface area contributed by atoms with Gasteiger partial charge in [0.2, 0.25) is 5.03 Å². The summed E-state index contributed by atoms with van der Waals surface area (Å²) >= 11 is 7.38. The van der Waals surface area contributed by atoms with E-state index in [1.165, 1.54) is 25.9 Å². The van der Waals surface area contributed by atoms with Gasteiger partial charge in [0.1, 0.15) is 0 Å². The van der Waals surface area contributed by atoms with Crippen LogP contribution in [0.25, 0.3) is 15.9 Å². The van der Waals surface area contributed by atoms with Gasteiger partial charge in [-0.15, -0.1) is 11.3 Å². The summed E-state index contributed by atoms with van der Waals surface area (Å²) < 4.78 is 28.6. The molecule has 0 N–H and O–H groups in total. The molecule has 3 aromatic heterocycles. The van der Waals surface area contributed by atoms with Crippen LogP contribution in [0.15, 0.2) is 53.1 Å². The van der Waals surface area contributed by atoms with Crippen molar-refractivity contribution < 1.29 is 8.42 Å². The van der Waals surface area contributed by atoms with Crippen LogP contribution >= 0.6 is 22.9 Å². The molecule has 0 fully saturated rings. The van der Waals surface area contributed by atoms with Gasteiger partial charge >= 0.3 is 0 Å². The fraction of sp³-hybridized carbons (Fsp3) is 0. The summed E-state index contributed by atoms with van der Waals surface area (Å²) in [5, 5.41) is 2.59. The number of rotatable bonds is 2. The van der Waals surface area contributed by atoms with Crippen molar-refractivity contribution in [2.75, 3.05) is 0 Å². The maximum absolute atomic E-state index is 12.9. The minimum atomic E-state index is -3.81. The van der Waals surface area contributed by atoms with Crippen LogP contribution in [0.1, 0.15) is 0 Å². The van der Waals surface area contributed by atoms with Crippen LogP contribution in [0.2, 0.25) is 5.15 Å². The van der Waals surface area contributed by atoms with Crippen LogP contribution in [0.4, 0.5) is 0 Å². The summed E-state index contributed by atoms with van der Waals surface area (Å²) in [5.74, 6) is 0. The Balaban J connectivity index is 2.07. The zero-order valence-electron chi connectivity index (χ0n) is 10.5. The Morgan fingerprint density at radius 2 is 1.95 bits per heavy atom. The minimum absolute atomic E-state index is 0.0123. The molecule has 0 aliphatic carbocycles. The molecule has 5 nitrogen and oxygen atoms in total. The van der Waals surface area contributed by atoms with Crippen molar-refractivity contribution in [2.45, 2.75) is 5.03 Å². The van der Waals surface area contributed by atoms with Crippen molar-refractivity contribution in [3.05, 3.63) is 53.3 Å². The highest BCUT2D eigenvalue weighted by atomic mass is 35.5. The van der Waals surface area contributed by atoms with Gasteiger partial charge < -0.3 is 0 Å². The molecule has 21 heavy (non-hydrogen) atoms. The van der Waals surface area contributed by atoms with E-state index >= 15 is 0 Å². The molecule has 0 bridgehead atoms. The van der Waals surface area contributed by atoms with Crippen molar-refractivity contribution in [2.24, 2.45) is 0 Å². The van der Waals surface area contributed by atoms with Crippen LogP contribution in [-0.2, 0) is 10.0 Å². The van der Waals surface area contributed by atoms with Crippen molar-refractivity contribution in [3.63, 3.8) is 0 Å². The molecule has 8 heteroatoms. The zero-order chi connectivity index (χ0) is 14.6. The van der Waals surface area contributed by atoms with Crippen molar-refractivity contribution in [1.82, 2.24) is 13.4 Å². The van der Waals surface area contributed by atoms with Crippen molar-refractivity contribution >= 4 is 48.8 Å². The van der Waals surface area contributed by atoms with Crippen LogP contribution in [0.3, 0.4) is 0 Å². The third-order valence-electron chi connectivity index (χ3n) is 3.25. The lowest BCUT2D eigenvalue weighted by molar-refractivity contribution is 0.584. The van der Waals surface area contributed by atoms with Crippen molar-refractivity contribution in [3.8, 4) is 0 Å². The summed E-state index contributed by atoms with van der Waals surface area (Å²) in [6.45, 7) is 0. The molecule has 1 aromatic carbocycles. The SMILES string of the molecule is O=S(=O)(c1c(Cl)nc2sccn12)n1ccc2ccccc21. The summed E-state index contributed by atoms with van der Waals surface area (Å²) in [4.78, 5) is 4.63. The summed E-state index contributed by atoms with van der Waals surface area (Å²) in [6.07, 6.45) is 3.18. The lowest BCUT2D eigenvalue weighted by Gasteiger charge is -2.06. The average molecular weight is 338 g/mol. The summed E-state index contributed by atoms with van der Waals surface area (Å²) in [7, 11) is -3.81. The topological polar surface area (TPSA) is 56.4 Å². The lowest BCUT2D eigenvalue weighted by atomic mass is 10.3. The Morgan fingerprint density at radius 3 is 2.81 bits per heavy atom. The molecule has 106 valence electrons. The first kappa shape index (κ1) is 12.9. The van der Waals surface area contributed by atoms with Gasteiger partial charge in [0, 0.05) is 23.2 Å². The molecule has 0 amide bonds. The predicted octanol–water partition coefficient (Wildman–Crippen LogP) is 3.24. The number of nitrogens with zero attached hydrogens (tertiary/aromatic N) is 3. The number of fused-ring (bicyclic) bond motifs is 2. The second-order valence-electron chi connectivity index (χ2n) is 4.44. The number of hydrogen-bond acceptors (Lipinski definition) is 4. The molecule has 3 heterocycles. The first-order chi connectivity index (χ1) is 10.1. The minimum Gasteiger partial charge on any atom is -0.278 e. The van der Waals surface area contributed by atoms with E-state index in [4.69, 9.17) is 11.6 Å². The number of thiazole rings is 1. The molecule has 4 rings (SSSR count). The highest BCUT2D eigenvalue weighted by Gasteiger charge is 2.27. The van der Waals surface area contributed by atoms with Gasteiger partial charge in [0.05, 0.1) is 5.52 Å². The number of para-hydroxylation sites is 1. The highest BCUT2D eigenvalue weighted by molar-refractivity contribution is 7.90. The van der Waals surface area contributed by atoms with E-state index in [-0.39, 0.29) is 10.2 Å². The molecule has 0 radical (unpaired) electrons. The van der Waals surface area contributed by atoms with E-state index in [0.29, 0.717) is 10.5 Å². The van der Waals surface area contributed by atoms with E-state index in [0.717, 1.165) is 5.39 Å². The number of aromatic nitrogens is 3. The third-order valence-corrected chi connectivity index (χ3v) is 6.09. The van der Waals surface area contributed by atoms with Crippen LogP contribution in [0.5, 0.6) is 0 Å². The number of benzene rings is 1. The van der Waals surface area contributed by atoms with E-state index in [9.17, 15) is 8.42 Å². The van der Waals surface area contributed by atoms with Gasteiger partial charge in [0.15, 0.2) is 10.1 Å². The first-order valence-electron chi connectivity index (χ1n) is 6.02. The Morgan fingerprint density at radius 1 is 1.14 bits per heavy atom. The maximum atomic E-state index is 12.9. The molecule has 0 saturated heterocycles. The van der Waals surface area contributed by atoms with E-state index in [1.807, 2.05) is 12.1 Å². The molecule has 4 aromatic rings. The second kappa shape index (κ2) is 4.33. The fourth-order valence-electron chi connectivity index (χ4n) is 2.33. The van der Waals surface area contributed by atoms with E-state index in [2.05, 4.69) is 4.98 Å². The van der Waals surface area contributed by atoms with Crippen LogP contribution < -0.4 is 0 Å². The molecule has 0 saturated carbocycles. The van der Waals surface area contributed by atoms with E-state index < -0.39 is 10.0 Å². The Bertz CT molecular complexity index is 1080. The fourth-order valence-corrected chi connectivity index (χ4v) is 5.10. The highest BCUT2D eigenvalue weighted by Crippen LogP contribution is 2.29. The molecule has 0 aliphatic heterocycles. The molecule has 0 aliphatic rings. The smallest absolute Gasteiger partial charge is 0.278 e. The van der Waals surface area contributed by atoms with Crippen molar-refractivity contribution in [1.29, 1.82) is 0 Å². The van der Waals surface area contributed by atoms with Crippen LogP contribution in [0, 0.1) is 0 Å². The van der Waals surface area contributed by atoms with Gasteiger partial charge in [-0.2, -0.15) is 8.42 Å². The zero-order valence-corrected chi connectivity index (χ0v) is 12.9. The lowest BCUT2D eigenvalue weighted by Crippen LogP contribution is -2.14. The molecular formula is C13H8ClN3O2S2. The standard InChI is InChI=1S/C13H8ClN3O2S2/c14-11-12(16-7-8-20-13(16)15-11)21(18,19)17-6-5-9-3-1-2-4-10(9)17/h1-8H. The van der Waals surface area contributed by atoms with Gasteiger partial charge in [-0.25, -0.2) is 8.96 Å². The predicted molar refractivity (Wildman–Crippen MR) is 82.6 cm³/mol. The largest absolute Gasteiger partial charge is 0.287 e. The van der Waals surface area contributed by atoms with E-state index in [1.54, 1.807) is 29.8 Å². The number of hydrogen-bond donors (Lipinski definition) is 0. The quantitative estimate of drug-likeness (QED) is 0.564. The van der Waals surface area contributed by atoms with Gasteiger partial charge in [-0.3, -0.25) is 4.40 Å². The number of halogens is 1. The Labute approximate surface area is 129 Å². The average Bonchev–Trinajstić information content (AvgIpc) is 3.10. The molecule has 0 atom stereocenters. The van der Waals surface area contributed by atoms with Gasteiger partial charge in [0.25, 0.3) is 10.0 Å². The number of imidazole rings is 1. The molecular weight excluding hydrogens is 330 g/mol.